The van der Waals surface area contributed by atoms with E-state index < -0.39 is 5.82 Å². The molecule has 1 saturated heterocycles. The third-order valence-electron chi connectivity index (χ3n) is 3.37. The van der Waals surface area contributed by atoms with Crippen LogP contribution in [-0.2, 0) is 6.54 Å². The van der Waals surface area contributed by atoms with Gasteiger partial charge in [0.05, 0.1) is 5.56 Å². The van der Waals surface area contributed by atoms with Crippen LogP contribution in [0.1, 0.15) is 17.5 Å². The molecule has 0 spiro atoms. The third-order valence-corrected chi connectivity index (χ3v) is 3.37. The first-order valence-corrected chi connectivity index (χ1v) is 6.28. The molecule has 0 bridgehead atoms. The van der Waals surface area contributed by atoms with Crippen molar-refractivity contribution in [2.75, 3.05) is 33.2 Å². The minimum Gasteiger partial charge on any atom is -0.305 e. The normalized spacial score (nSPS) is 18.3. The van der Waals surface area contributed by atoms with Gasteiger partial charge in [0.1, 0.15) is 11.9 Å². The van der Waals surface area contributed by atoms with Gasteiger partial charge in [0.15, 0.2) is 0 Å². The molecule has 2 rings (SSSR count). The average Bonchev–Trinajstić information content (AvgIpc) is 2.57. The number of nitrogens with zero attached hydrogens (tertiary/aromatic N) is 3. The monoisotopic (exact) mass is 247 g/mol. The second-order valence-corrected chi connectivity index (χ2v) is 4.86. The Morgan fingerprint density at radius 2 is 2.11 bits per heavy atom. The lowest BCUT2D eigenvalue weighted by atomic mass is 10.1. The van der Waals surface area contributed by atoms with Crippen LogP contribution in [0.4, 0.5) is 4.39 Å². The van der Waals surface area contributed by atoms with E-state index in [1.54, 1.807) is 12.1 Å². The fourth-order valence-corrected chi connectivity index (χ4v) is 2.27. The molecule has 4 heteroatoms. The zero-order valence-corrected chi connectivity index (χ0v) is 10.7. The van der Waals surface area contributed by atoms with Gasteiger partial charge in [-0.3, -0.25) is 4.90 Å². The Balaban J connectivity index is 2.03. The van der Waals surface area contributed by atoms with Crippen LogP contribution in [-0.4, -0.2) is 43.0 Å². The molecule has 1 aromatic carbocycles. The standard InChI is InChI=1S/C14H18FN3/c1-17-5-2-6-18(8-7-17)11-12-3-4-14(15)13(9-12)10-16/h3-4,9H,2,5-8,11H2,1H3. The molecule has 0 atom stereocenters. The lowest BCUT2D eigenvalue weighted by Gasteiger charge is -2.20. The molecule has 0 aromatic heterocycles. The van der Waals surface area contributed by atoms with Gasteiger partial charge in [-0.15, -0.1) is 0 Å². The largest absolute Gasteiger partial charge is 0.305 e. The van der Waals surface area contributed by atoms with E-state index in [0.29, 0.717) is 0 Å². The van der Waals surface area contributed by atoms with E-state index in [2.05, 4.69) is 16.8 Å². The Kier molecular flexibility index (Phi) is 4.29. The summed E-state index contributed by atoms with van der Waals surface area (Å²) >= 11 is 0. The van der Waals surface area contributed by atoms with Gasteiger partial charge in [0.2, 0.25) is 0 Å². The number of hydrogen-bond donors (Lipinski definition) is 0. The Hall–Kier alpha value is -1.44. The molecular weight excluding hydrogens is 229 g/mol. The molecule has 0 N–H and O–H groups in total. The molecule has 0 unspecified atom stereocenters. The van der Waals surface area contributed by atoms with Crippen LogP contribution in [0.2, 0.25) is 0 Å². The number of likely N-dealkylation sites (N-methyl/N-ethyl adjacent to an activating group) is 1. The topological polar surface area (TPSA) is 30.3 Å². The summed E-state index contributed by atoms with van der Waals surface area (Å²) in [7, 11) is 2.13. The first kappa shape index (κ1) is 13.0. The SMILES string of the molecule is CN1CCCN(Cc2ccc(F)c(C#N)c2)CC1. The molecular formula is C14H18FN3. The predicted octanol–water partition coefficient (Wildman–Crippen LogP) is 1.83. The molecule has 0 radical (unpaired) electrons. The lowest BCUT2D eigenvalue weighted by Crippen LogP contribution is -2.28. The van der Waals surface area contributed by atoms with Gasteiger partial charge in [-0.05, 0) is 44.3 Å². The maximum atomic E-state index is 13.2. The molecule has 1 aliphatic heterocycles. The van der Waals surface area contributed by atoms with Crippen molar-refractivity contribution in [3.05, 3.63) is 35.1 Å². The van der Waals surface area contributed by atoms with Crippen molar-refractivity contribution in [1.82, 2.24) is 9.80 Å². The van der Waals surface area contributed by atoms with Crippen molar-refractivity contribution < 1.29 is 4.39 Å². The second kappa shape index (κ2) is 5.94. The summed E-state index contributed by atoms with van der Waals surface area (Å²) in [6.07, 6.45) is 1.16. The van der Waals surface area contributed by atoms with Crippen LogP contribution in [0, 0.1) is 17.1 Å². The highest BCUT2D eigenvalue weighted by Crippen LogP contribution is 2.13. The fourth-order valence-electron chi connectivity index (χ4n) is 2.27. The van der Waals surface area contributed by atoms with Crippen LogP contribution < -0.4 is 0 Å². The molecule has 0 saturated carbocycles. The van der Waals surface area contributed by atoms with E-state index in [-0.39, 0.29) is 5.56 Å². The zero-order valence-electron chi connectivity index (χ0n) is 10.7. The van der Waals surface area contributed by atoms with Gasteiger partial charge in [-0.1, -0.05) is 6.07 Å². The van der Waals surface area contributed by atoms with Crippen LogP contribution >= 0.6 is 0 Å². The lowest BCUT2D eigenvalue weighted by molar-refractivity contribution is 0.269. The summed E-state index contributed by atoms with van der Waals surface area (Å²) in [5, 5.41) is 8.82. The molecule has 1 aliphatic rings. The van der Waals surface area contributed by atoms with Gasteiger partial charge >= 0.3 is 0 Å². The van der Waals surface area contributed by atoms with Crippen molar-refractivity contribution >= 4 is 0 Å². The summed E-state index contributed by atoms with van der Waals surface area (Å²) in [4.78, 5) is 4.68. The van der Waals surface area contributed by atoms with Crippen molar-refractivity contribution in [2.45, 2.75) is 13.0 Å². The Labute approximate surface area is 107 Å². The summed E-state index contributed by atoms with van der Waals surface area (Å²) in [5.74, 6) is -0.433. The molecule has 1 aromatic rings. The van der Waals surface area contributed by atoms with E-state index in [1.807, 2.05) is 6.07 Å². The molecule has 1 heterocycles. The molecule has 3 nitrogen and oxygen atoms in total. The average molecular weight is 247 g/mol. The first-order valence-electron chi connectivity index (χ1n) is 6.28. The zero-order chi connectivity index (χ0) is 13.0. The van der Waals surface area contributed by atoms with Crippen molar-refractivity contribution in [3.8, 4) is 6.07 Å². The highest BCUT2D eigenvalue weighted by atomic mass is 19.1. The number of hydrogen-bond acceptors (Lipinski definition) is 3. The Morgan fingerprint density at radius 1 is 1.28 bits per heavy atom. The molecule has 18 heavy (non-hydrogen) atoms. The second-order valence-electron chi connectivity index (χ2n) is 4.86. The molecule has 1 fully saturated rings. The van der Waals surface area contributed by atoms with Crippen LogP contribution in [0.25, 0.3) is 0 Å². The van der Waals surface area contributed by atoms with Crippen molar-refractivity contribution in [3.63, 3.8) is 0 Å². The third kappa shape index (κ3) is 3.28. The quantitative estimate of drug-likeness (QED) is 0.798. The van der Waals surface area contributed by atoms with Crippen LogP contribution in [0.3, 0.4) is 0 Å². The van der Waals surface area contributed by atoms with Crippen LogP contribution in [0.5, 0.6) is 0 Å². The highest BCUT2D eigenvalue weighted by Gasteiger charge is 2.13. The van der Waals surface area contributed by atoms with Gasteiger partial charge in [-0.2, -0.15) is 5.26 Å². The predicted molar refractivity (Wildman–Crippen MR) is 68.5 cm³/mol. The molecule has 0 aliphatic carbocycles. The maximum Gasteiger partial charge on any atom is 0.140 e. The van der Waals surface area contributed by atoms with Gasteiger partial charge in [0, 0.05) is 19.6 Å². The summed E-state index contributed by atoms with van der Waals surface area (Å²) in [6.45, 7) is 5.07. The number of halogens is 1. The maximum absolute atomic E-state index is 13.2. The van der Waals surface area contributed by atoms with Crippen molar-refractivity contribution in [1.29, 1.82) is 5.26 Å². The van der Waals surface area contributed by atoms with Crippen molar-refractivity contribution in [2.24, 2.45) is 0 Å². The highest BCUT2D eigenvalue weighted by molar-refractivity contribution is 5.34. The fraction of sp³-hybridized carbons (Fsp3) is 0.500. The summed E-state index contributed by atoms with van der Waals surface area (Å²) in [5.41, 5.74) is 1.15. The Bertz CT molecular complexity index is 453. The first-order chi connectivity index (χ1) is 8.69. The summed E-state index contributed by atoms with van der Waals surface area (Å²) < 4.78 is 13.2. The smallest absolute Gasteiger partial charge is 0.140 e. The minimum absolute atomic E-state index is 0.138. The minimum atomic E-state index is -0.433. The molecule has 0 amide bonds. The number of rotatable bonds is 2. The van der Waals surface area contributed by atoms with E-state index in [0.717, 1.165) is 44.7 Å². The van der Waals surface area contributed by atoms with E-state index in [1.165, 1.54) is 6.07 Å². The van der Waals surface area contributed by atoms with Gasteiger partial charge in [-0.25, -0.2) is 4.39 Å². The summed E-state index contributed by atoms with van der Waals surface area (Å²) in [6, 6.07) is 6.70. The van der Waals surface area contributed by atoms with Crippen LogP contribution in [0.15, 0.2) is 18.2 Å². The Morgan fingerprint density at radius 3 is 2.89 bits per heavy atom. The van der Waals surface area contributed by atoms with E-state index >= 15 is 0 Å². The number of benzene rings is 1. The van der Waals surface area contributed by atoms with E-state index in [4.69, 9.17) is 5.26 Å². The van der Waals surface area contributed by atoms with E-state index in [9.17, 15) is 4.39 Å². The molecule has 96 valence electrons. The van der Waals surface area contributed by atoms with Gasteiger partial charge in [0.25, 0.3) is 0 Å². The van der Waals surface area contributed by atoms with Gasteiger partial charge < -0.3 is 4.90 Å². The number of nitriles is 1.